The largest absolute Gasteiger partial charge is 0.479 e. The maximum absolute atomic E-state index is 13.9. The van der Waals surface area contributed by atoms with E-state index in [0.29, 0.717) is 41.4 Å². The number of benzene rings is 3. The fourth-order valence-electron chi connectivity index (χ4n) is 6.97. The van der Waals surface area contributed by atoms with E-state index in [1.807, 2.05) is 54.6 Å². The third kappa shape index (κ3) is 11.3. The highest BCUT2D eigenvalue weighted by Gasteiger charge is 2.27. The van der Waals surface area contributed by atoms with Crippen molar-refractivity contribution >= 4 is 51.9 Å². The molecule has 12 nitrogen and oxygen atoms in total. The lowest BCUT2D eigenvalue weighted by atomic mass is 9.95. The van der Waals surface area contributed by atoms with Crippen LogP contribution < -0.4 is 10.6 Å². The number of thiophene rings is 1. The minimum Gasteiger partial charge on any atom is -0.479 e. The number of nitrogens with one attached hydrogen (secondary N) is 2. The number of ether oxygens (including phenoxy) is 1. The molecule has 13 heteroatoms. The Morgan fingerprint density at radius 1 is 0.786 bits per heavy atom. The lowest BCUT2D eigenvalue weighted by Crippen LogP contribution is -2.41. The first kappa shape index (κ1) is 41.6. The topological polar surface area (TPSA) is 166 Å². The van der Waals surface area contributed by atoms with E-state index in [4.69, 9.17) is 14.9 Å². The molecule has 1 aromatic heterocycles. The Morgan fingerprint density at radius 3 is 2.09 bits per heavy atom. The molecule has 56 heavy (non-hydrogen) atoms. The second kappa shape index (κ2) is 19.9. The molecule has 0 saturated heterocycles. The second-order valence-electron chi connectivity index (χ2n) is 14.0. The molecule has 1 heterocycles. The first-order valence-corrected chi connectivity index (χ1v) is 19.9. The van der Waals surface area contributed by atoms with E-state index in [1.165, 1.54) is 16.2 Å². The molecule has 3 amide bonds. The summed E-state index contributed by atoms with van der Waals surface area (Å²) < 4.78 is 4.82. The zero-order valence-corrected chi connectivity index (χ0v) is 33.0. The number of carboxylic acids is 2. The first-order chi connectivity index (χ1) is 26.9. The number of fused-ring (bicyclic) bond motifs is 1. The molecule has 4 aromatic rings. The van der Waals surface area contributed by atoms with E-state index >= 15 is 0 Å². The Labute approximate surface area is 331 Å². The van der Waals surface area contributed by atoms with Crippen molar-refractivity contribution in [3.05, 3.63) is 117 Å². The minimum atomic E-state index is -1.22. The zero-order valence-electron chi connectivity index (χ0n) is 32.1. The molecule has 1 aliphatic rings. The Morgan fingerprint density at radius 2 is 1.45 bits per heavy atom. The summed E-state index contributed by atoms with van der Waals surface area (Å²) in [6, 6.07) is 22.2. The molecule has 5 rings (SSSR count). The monoisotopic (exact) mass is 782 g/mol. The zero-order chi connectivity index (χ0) is 40.2. The third-order valence-corrected chi connectivity index (χ3v) is 11.3. The van der Waals surface area contributed by atoms with Crippen LogP contribution in [0, 0.1) is 0 Å². The maximum Gasteiger partial charge on any atom is 0.410 e. The number of anilines is 2. The summed E-state index contributed by atoms with van der Waals surface area (Å²) in [6.45, 7) is 4.90. The van der Waals surface area contributed by atoms with Gasteiger partial charge in [0.1, 0.15) is 5.00 Å². The summed E-state index contributed by atoms with van der Waals surface area (Å²) in [7, 11) is 1.57. The van der Waals surface area contributed by atoms with Crippen LogP contribution in [0.25, 0.3) is 0 Å². The number of likely N-dealkylation sites (N-methyl/N-ethyl adjacent to an activating group) is 1. The average molecular weight is 783 g/mol. The first-order valence-electron chi connectivity index (χ1n) is 19.1. The Bertz CT molecular complexity index is 2010. The summed E-state index contributed by atoms with van der Waals surface area (Å²) in [5.41, 5.74) is 5.92. The molecule has 0 unspecified atom stereocenters. The van der Waals surface area contributed by atoms with Gasteiger partial charge in [0.15, 0.2) is 6.61 Å². The number of carbonyl (C=O) groups excluding carboxylic acids is 3. The van der Waals surface area contributed by atoms with Gasteiger partial charge >= 0.3 is 18.0 Å². The van der Waals surface area contributed by atoms with Gasteiger partial charge in [-0.25, -0.2) is 14.4 Å². The summed E-state index contributed by atoms with van der Waals surface area (Å²) in [6.07, 6.45) is 6.21. The fraction of sp³-hybridized carbons (Fsp3) is 0.372. The van der Waals surface area contributed by atoms with Gasteiger partial charge in [-0.3, -0.25) is 14.5 Å². The number of hydrogen-bond donors (Lipinski definition) is 4. The van der Waals surface area contributed by atoms with Crippen LogP contribution in [-0.2, 0) is 41.8 Å². The highest BCUT2D eigenvalue weighted by atomic mass is 32.1. The molecule has 0 saturated carbocycles. The predicted molar refractivity (Wildman–Crippen MR) is 217 cm³/mol. The summed E-state index contributed by atoms with van der Waals surface area (Å²) in [4.78, 5) is 66.7. The fourth-order valence-corrected chi connectivity index (χ4v) is 8.25. The second-order valence-corrected chi connectivity index (χ2v) is 15.1. The molecular weight excluding hydrogens is 733 g/mol. The Kier molecular flexibility index (Phi) is 14.8. The molecular formula is C43H50N4O8S. The van der Waals surface area contributed by atoms with Crippen molar-refractivity contribution < 1.29 is 38.9 Å². The van der Waals surface area contributed by atoms with Gasteiger partial charge in [0.05, 0.1) is 11.1 Å². The van der Waals surface area contributed by atoms with Crippen LogP contribution in [0.15, 0.2) is 72.8 Å². The summed E-state index contributed by atoms with van der Waals surface area (Å²) in [5, 5.41) is 24.6. The highest BCUT2D eigenvalue weighted by Crippen LogP contribution is 2.39. The highest BCUT2D eigenvalue weighted by molar-refractivity contribution is 7.17. The van der Waals surface area contributed by atoms with Crippen molar-refractivity contribution in [1.29, 1.82) is 0 Å². The van der Waals surface area contributed by atoms with Crippen LogP contribution in [0.5, 0.6) is 0 Å². The molecule has 0 aliphatic heterocycles. The van der Waals surface area contributed by atoms with E-state index in [1.54, 1.807) is 25.2 Å². The Balaban J connectivity index is 1.25. The molecule has 4 N–H and O–H groups in total. The normalized spacial score (nSPS) is 12.2. The number of carboxylic acid groups (broad SMARTS) is 2. The lowest BCUT2D eigenvalue weighted by Gasteiger charge is -2.32. The lowest BCUT2D eigenvalue weighted by molar-refractivity contribution is -0.140. The number of nitrogens with zero attached hydrogens (tertiary/aromatic N) is 2. The van der Waals surface area contributed by atoms with Gasteiger partial charge in [-0.1, -0.05) is 50.2 Å². The van der Waals surface area contributed by atoms with Crippen molar-refractivity contribution in [2.45, 2.75) is 77.8 Å². The Hall–Kier alpha value is -5.53. The van der Waals surface area contributed by atoms with Crippen molar-refractivity contribution in [3.8, 4) is 0 Å². The standard InChI is InChI=1S/C43H50N4O8S/c1-4-34(5-2)47(24-23-46(3)43(54)55-27-37(48)49)26-30-9-8-10-32(25-30)39(50)45-41-38(35-11-6-7-12-36(35)56-41)40(51)44-33-21-17-29(18-22-33)14-13-28-15-19-31(20-16-28)42(52)53/h8-10,15-22,25,34H,4-7,11-14,23-24,26-27H2,1-3H3,(H,44,51)(H,45,50)(H,48,49)(H,52,53). The van der Waals surface area contributed by atoms with Gasteiger partial charge in [0.2, 0.25) is 0 Å². The number of aromatic carboxylic acids is 1. The number of carbonyl (C=O) groups is 5. The van der Waals surface area contributed by atoms with E-state index < -0.39 is 24.6 Å². The molecule has 0 radical (unpaired) electrons. The molecule has 296 valence electrons. The van der Waals surface area contributed by atoms with Crippen molar-refractivity contribution in [2.24, 2.45) is 0 Å². The quantitative estimate of drug-likeness (QED) is 0.0790. The molecule has 0 spiro atoms. The molecule has 3 aromatic carbocycles. The number of aliphatic carboxylic acids is 1. The molecule has 1 aliphatic carbocycles. The third-order valence-electron chi connectivity index (χ3n) is 10.1. The van der Waals surface area contributed by atoms with Gasteiger partial charge < -0.3 is 30.5 Å². The van der Waals surface area contributed by atoms with Crippen LogP contribution in [0.2, 0.25) is 0 Å². The van der Waals surface area contributed by atoms with Crippen LogP contribution in [0.4, 0.5) is 15.5 Å². The van der Waals surface area contributed by atoms with Crippen molar-refractivity contribution in [1.82, 2.24) is 9.80 Å². The van der Waals surface area contributed by atoms with Gasteiger partial charge in [0, 0.05) is 48.9 Å². The summed E-state index contributed by atoms with van der Waals surface area (Å²) in [5.74, 6) is -2.74. The average Bonchev–Trinajstić information content (AvgIpc) is 3.57. The van der Waals surface area contributed by atoms with Crippen molar-refractivity contribution in [2.75, 3.05) is 37.4 Å². The predicted octanol–water partition coefficient (Wildman–Crippen LogP) is 7.76. The van der Waals surface area contributed by atoms with Gasteiger partial charge in [0.25, 0.3) is 11.8 Å². The number of aryl methyl sites for hydroxylation is 3. The number of rotatable bonds is 18. The number of hydrogen-bond acceptors (Lipinski definition) is 8. The van der Waals surface area contributed by atoms with Gasteiger partial charge in [-0.2, -0.15) is 0 Å². The van der Waals surface area contributed by atoms with E-state index in [0.717, 1.165) is 78.5 Å². The maximum atomic E-state index is 13.9. The van der Waals surface area contributed by atoms with Crippen LogP contribution in [0.1, 0.15) is 97.7 Å². The number of amides is 3. The van der Waals surface area contributed by atoms with E-state index in [2.05, 4.69) is 29.4 Å². The van der Waals surface area contributed by atoms with Gasteiger partial charge in [-0.05, 0) is 110 Å². The SMILES string of the molecule is CCC(CC)N(CCN(C)C(=O)OCC(=O)O)Cc1cccc(C(=O)Nc2sc3c(c2C(=O)Nc2ccc(CCc4ccc(C(=O)O)cc4)cc2)CCCC3)c1. The molecule has 0 fully saturated rings. The van der Waals surface area contributed by atoms with Crippen molar-refractivity contribution in [3.63, 3.8) is 0 Å². The van der Waals surface area contributed by atoms with E-state index in [9.17, 15) is 24.0 Å². The molecule has 0 bridgehead atoms. The summed E-state index contributed by atoms with van der Waals surface area (Å²) >= 11 is 1.47. The minimum absolute atomic E-state index is 0.218. The van der Waals surface area contributed by atoms with Crippen LogP contribution >= 0.6 is 11.3 Å². The van der Waals surface area contributed by atoms with E-state index in [-0.39, 0.29) is 23.4 Å². The smallest absolute Gasteiger partial charge is 0.410 e. The molecule has 0 atom stereocenters. The van der Waals surface area contributed by atoms with Gasteiger partial charge in [-0.15, -0.1) is 11.3 Å². The van der Waals surface area contributed by atoms with Crippen LogP contribution in [0.3, 0.4) is 0 Å². The van der Waals surface area contributed by atoms with Crippen LogP contribution in [-0.4, -0.2) is 82.6 Å².